The van der Waals surface area contributed by atoms with Gasteiger partial charge >= 0.3 is 0 Å². The molecule has 2 amide bonds. The second-order valence-electron chi connectivity index (χ2n) is 11.8. The molecule has 0 aliphatic heterocycles. The van der Waals surface area contributed by atoms with Gasteiger partial charge in [0, 0.05) is 29.2 Å². The molecule has 4 aromatic rings. The number of amides is 2. The van der Waals surface area contributed by atoms with Gasteiger partial charge in [-0.1, -0.05) is 81.4 Å². The SMILES string of the molecule is CC(C)(C)NC(=O)C(c1cccnc1)N(C(=O)Cc1cccc2ccccc12)c1ccc(C(C)(C)C)cc1. The predicted octanol–water partition coefficient (Wildman–Crippen LogP) is 6.76. The minimum atomic E-state index is -0.883. The standard InChI is InChI=1S/C33H37N3O2/c1-32(2,3)26-16-18-27(19-17-26)36(29(37)21-24-13-9-12-23-11-7-8-15-28(23)24)30(25-14-10-20-34-22-25)31(38)35-33(4,5)6/h7-20,22,30H,21H2,1-6H3,(H,35,38). The molecule has 0 spiro atoms. The molecule has 0 aliphatic rings. The molecule has 5 nitrogen and oxygen atoms in total. The zero-order chi connectivity index (χ0) is 27.5. The highest BCUT2D eigenvalue weighted by molar-refractivity contribution is 6.03. The molecule has 4 rings (SSSR count). The van der Waals surface area contributed by atoms with Crippen molar-refractivity contribution in [3.8, 4) is 0 Å². The number of benzene rings is 3. The first-order valence-corrected chi connectivity index (χ1v) is 13.1. The van der Waals surface area contributed by atoms with Gasteiger partial charge in [-0.05, 0) is 66.3 Å². The van der Waals surface area contributed by atoms with E-state index in [4.69, 9.17) is 0 Å². The van der Waals surface area contributed by atoms with Gasteiger partial charge in [-0.25, -0.2) is 0 Å². The van der Waals surface area contributed by atoms with Gasteiger partial charge in [-0.2, -0.15) is 0 Å². The first-order chi connectivity index (χ1) is 17.9. The van der Waals surface area contributed by atoms with Gasteiger partial charge in [0.05, 0.1) is 6.42 Å². The average molecular weight is 508 g/mol. The average Bonchev–Trinajstić information content (AvgIpc) is 2.86. The number of nitrogens with one attached hydrogen (secondary N) is 1. The third kappa shape index (κ3) is 6.28. The van der Waals surface area contributed by atoms with Crippen LogP contribution in [-0.2, 0) is 21.4 Å². The number of fused-ring (bicyclic) bond motifs is 1. The van der Waals surface area contributed by atoms with Crippen molar-refractivity contribution in [2.75, 3.05) is 4.90 Å². The Labute approximate surface area is 225 Å². The number of carbonyl (C=O) groups excluding carboxylic acids is 2. The number of anilines is 1. The number of hydrogen-bond donors (Lipinski definition) is 1. The number of aromatic nitrogens is 1. The van der Waals surface area contributed by atoms with Crippen molar-refractivity contribution < 1.29 is 9.59 Å². The van der Waals surface area contributed by atoms with E-state index in [1.807, 2.05) is 93.6 Å². The number of hydrogen-bond acceptors (Lipinski definition) is 3. The smallest absolute Gasteiger partial charge is 0.248 e. The summed E-state index contributed by atoms with van der Waals surface area (Å²) in [5, 5.41) is 5.20. The van der Waals surface area contributed by atoms with Crippen molar-refractivity contribution in [3.63, 3.8) is 0 Å². The van der Waals surface area contributed by atoms with Crippen LogP contribution in [0.3, 0.4) is 0 Å². The third-order valence-corrected chi connectivity index (χ3v) is 6.51. The minimum absolute atomic E-state index is 0.0390. The van der Waals surface area contributed by atoms with E-state index in [0.717, 1.165) is 21.9 Å². The van der Waals surface area contributed by atoms with E-state index in [1.165, 1.54) is 0 Å². The lowest BCUT2D eigenvalue weighted by Gasteiger charge is -2.34. The number of pyridine rings is 1. The van der Waals surface area contributed by atoms with Crippen LogP contribution in [0.4, 0.5) is 5.69 Å². The lowest BCUT2D eigenvalue weighted by Crippen LogP contribution is -2.50. The fraction of sp³-hybridized carbons (Fsp3) is 0.303. The molecule has 196 valence electrons. The normalized spacial score (nSPS) is 12.7. The molecule has 1 N–H and O–H groups in total. The Morgan fingerprint density at radius 3 is 2.16 bits per heavy atom. The zero-order valence-electron chi connectivity index (χ0n) is 23.2. The van der Waals surface area contributed by atoms with Crippen molar-refractivity contribution in [3.05, 3.63) is 108 Å². The molecule has 1 unspecified atom stereocenters. The summed E-state index contributed by atoms with van der Waals surface area (Å²) in [5.41, 5.74) is 2.88. The molecule has 0 radical (unpaired) electrons. The molecule has 1 heterocycles. The van der Waals surface area contributed by atoms with E-state index in [1.54, 1.807) is 23.4 Å². The molecule has 0 saturated heterocycles. The van der Waals surface area contributed by atoms with Gasteiger partial charge in [0.25, 0.3) is 0 Å². The van der Waals surface area contributed by atoms with Gasteiger partial charge < -0.3 is 5.32 Å². The summed E-state index contributed by atoms with van der Waals surface area (Å²) in [5.74, 6) is -0.417. The summed E-state index contributed by atoms with van der Waals surface area (Å²) in [6.45, 7) is 12.3. The van der Waals surface area contributed by atoms with Crippen LogP contribution in [0.2, 0.25) is 0 Å². The van der Waals surface area contributed by atoms with E-state index in [9.17, 15) is 9.59 Å². The molecule has 0 bridgehead atoms. The fourth-order valence-electron chi connectivity index (χ4n) is 4.65. The molecule has 38 heavy (non-hydrogen) atoms. The minimum Gasteiger partial charge on any atom is -0.349 e. The molecule has 1 aromatic heterocycles. The molecule has 0 saturated carbocycles. The Bertz CT molecular complexity index is 1410. The summed E-state index contributed by atoms with van der Waals surface area (Å²) >= 11 is 0. The first kappa shape index (κ1) is 27.1. The van der Waals surface area contributed by atoms with E-state index in [0.29, 0.717) is 11.3 Å². The lowest BCUT2D eigenvalue weighted by atomic mass is 9.87. The predicted molar refractivity (Wildman–Crippen MR) is 155 cm³/mol. The van der Waals surface area contributed by atoms with E-state index in [2.05, 4.69) is 31.1 Å². The Hall–Kier alpha value is -3.99. The maximum Gasteiger partial charge on any atom is 0.248 e. The summed E-state index contributed by atoms with van der Waals surface area (Å²) in [4.78, 5) is 34.0. The maximum absolute atomic E-state index is 14.2. The van der Waals surface area contributed by atoms with E-state index < -0.39 is 11.6 Å². The molecule has 5 heteroatoms. The second kappa shape index (κ2) is 10.8. The highest BCUT2D eigenvalue weighted by Crippen LogP contribution is 2.32. The first-order valence-electron chi connectivity index (χ1n) is 13.1. The van der Waals surface area contributed by atoms with Crippen molar-refractivity contribution >= 4 is 28.3 Å². The summed E-state index contributed by atoms with van der Waals surface area (Å²) < 4.78 is 0. The van der Waals surface area contributed by atoms with Crippen molar-refractivity contribution in [2.45, 2.75) is 65.0 Å². The Balaban J connectivity index is 1.84. The molecule has 3 aromatic carbocycles. The highest BCUT2D eigenvalue weighted by Gasteiger charge is 2.35. The number of nitrogens with zero attached hydrogens (tertiary/aromatic N) is 2. The molecule has 1 atom stereocenters. The Morgan fingerprint density at radius 2 is 1.53 bits per heavy atom. The van der Waals surface area contributed by atoms with Crippen LogP contribution in [-0.4, -0.2) is 22.3 Å². The molecule has 0 fully saturated rings. The van der Waals surface area contributed by atoms with Crippen LogP contribution in [0.5, 0.6) is 0 Å². The van der Waals surface area contributed by atoms with Crippen LogP contribution in [0.25, 0.3) is 10.8 Å². The number of carbonyl (C=O) groups is 2. The fourth-order valence-corrected chi connectivity index (χ4v) is 4.65. The van der Waals surface area contributed by atoms with Crippen LogP contribution in [0.15, 0.2) is 91.3 Å². The van der Waals surface area contributed by atoms with Gasteiger partial charge in [0.15, 0.2) is 0 Å². The summed E-state index contributed by atoms with van der Waals surface area (Å²) in [7, 11) is 0. The monoisotopic (exact) mass is 507 g/mol. The van der Waals surface area contributed by atoms with Crippen LogP contribution in [0.1, 0.15) is 64.3 Å². The molecular formula is C33H37N3O2. The third-order valence-electron chi connectivity index (χ3n) is 6.51. The molecular weight excluding hydrogens is 470 g/mol. The van der Waals surface area contributed by atoms with Crippen molar-refractivity contribution in [1.82, 2.24) is 10.3 Å². The van der Waals surface area contributed by atoms with Crippen LogP contribution < -0.4 is 10.2 Å². The number of rotatable bonds is 6. The largest absolute Gasteiger partial charge is 0.349 e. The zero-order valence-corrected chi connectivity index (χ0v) is 23.2. The van der Waals surface area contributed by atoms with Gasteiger partial charge in [0.2, 0.25) is 11.8 Å². The maximum atomic E-state index is 14.2. The lowest BCUT2D eigenvalue weighted by molar-refractivity contribution is -0.127. The molecule has 0 aliphatic carbocycles. The van der Waals surface area contributed by atoms with Crippen molar-refractivity contribution in [1.29, 1.82) is 0 Å². The Morgan fingerprint density at radius 1 is 0.842 bits per heavy atom. The quantitative estimate of drug-likeness (QED) is 0.313. The van der Waals surface area contributed by atoms with E-state index in [-0.39, 0.29) is 23.7 Å². The second-order valence-corrected chi connectivity index (χ2v) is 11.8. The van der Waals surface area contributed by atoms with Gasteiger partial charge in [0.1, 0.15) is 6.04 Å². The van der Waals surface area contributed by atoms with Gasteiger partial charge in [-0.15, -0.1) is 0 Å². The topological polar surface area (TPSA) is 62.3 Å². The van der Waals surface area contributed by atoms with E-state index >= 15 is 0 Å². The van der Waals surface area contributed by atoms with Crippen LogP contribution >= 0.6 is 0 Å². The highest BCUT2D eigenvalue weighted by atomic mass is 16.2. The Kier molecular flexibility index (Phi) is 7.68. The van der Waals surface area contributed by atoms with Crippen molar-refractivity contribution in [2.24, 2.45) is 0 Å². The van der Waals surface area contributed by atoms with Gasteiger partial charge in [-0.3, -0.25) is 19.5 Å². The van der Waals surface area contributed by atoms with Crippen LogP contribution in [0, 0.1) is 0 Å². The summed E-state index contributed by atoms with van der Waals surface area (Å²) in [6.07, 6.45) is 3.49. The summed E-state index contributed by atoms with van der Waals surface area (Å²) in [6, 6.07) is 24.8.